The number of carbonyl (C=O) groups excluding carboxylic acids is 1. The number of rotatable bonds is 12. The summed E-state index contributed by atoms with van der Waals surface area (Å²) < 4.78 is 0. The highest BCUT2D eigenvalue weighted by molar-refractivity contribution is 5.78. The summed E-state index contributed by atoms with van der Waals surface area (Å²) in [5, 5.41) is 2.01. The summed E-state index contributed by atoms with van der Waals surface area (Å²) in [5.41, 5.74) is 5.97. The molecule has 0 atom stereocenters. The average molecular weight is 338 g/mol. The lowest BCUT2D eigenvalue weighted by molar-refractivity contribution is -0.119. The molecule has 0 aliphatic rings. The van der Waals surface area contributed by atoms with Crippen molar-refractivity contribution in [3.05, 3.63) is 71.8 Å². The van der Waals surface area contributed by atoms with E-state index in [1.165, 1.54) is 11.1 Å². The van der Waals surface area contributed by atoms with Crippen molar-refractivity contribution in [2.75, 3.05) is 13.6 Å². The fraction of sp³-hybridized carbons (Fsp3) is 0.409. The Labute approximate surface area is 152 Å². The maximum Gasteiger partial charge on any atom is 0.134 e. The number of benzene rings is 2. The molecule has 2 rings (SSSR count). The standard InChI is InChI=1S/C22H30N2O/c1-24(23-19-21-14-8-3-9-15-21)18-17-22(25)16-10-4-7-13-20-11-5-2-6-12-20/h2-3,5-6,8-9,11-12,14-15,23H,4,7,10,13,16-19H2,1H3. The summed E-state index contributed by atoms with van der Waals surface area (Å²) in [6.45, 7) is 1.56. The molecule has 0 spiro atoms. The third kappa shape index (κ3) is 8.62. The molecular formula is C22H30N2O. The van der Waals surface area contributed by atoms with Gasteiger partial charge in [0.1, 0.15) is 5.78 Å². The molecule has 1 N–H and O–H groups in total. The van der Waals surface area contributed by atoms with Gasteiger partial charge >= 0.3 is 0 Å². The Morgan fingerprint density at radius 3 is 2.16 bits per heavy atom. The Morgan fingerprint density at radius 2 is 1.48 bits per heavy atom. The van der Waals surface area contributed by atoms with E-state index in [0.29, 0.717) is 18.6 Å². The highest BCUT2D eigenvalue weighted by Crippen LogP contribution is 2.08. The fourth-order valence-electron chi connectivity index (χ4n) is 2.79. The molecular weight excluding hydrogens is 308 g/mol. The van der Waals surface area contributed by atoms with Crippen LogP contribution in [0.2, 0.25) is 0 Å². The molecule has 0 bridgehead atoms. The first-order chi connectivity index (χ1) is 12.2. The molecule has 0 fully saturated rings. The third-order valence-electron chi connectivity index (χ3n) is 4.39. The van der Waals surface area contributed by atoms with E-state index in [4.69, 9.17) is 0 Å². The molecule has 0 radical (unpaired) electrons. The summed E-state index contributed by atoms with van der Waals surface area (Å²) >= 11 is 0. The van der Waals surface area contributed by atoms with Crippen LogP contribution >= 0.6 is 0 Å². The van der Waals surface area contributed by atoms with Gasteiger partial charge in [0.25, 0.3) is 0 Å². The van der Waals surface area contributed by atoms with Crippen molar-refractivity contribution in [2.24, 2.45) is 0 Å². The van der Waals surface area contributed by atoms with E-state index < -0.39 is 0 Å². The van der Waals surface area contributed by atoms with Gasteiger partial charge < -0.3 is 0 Å². The van der Waals surface area contributed by atoms with Crippen LogP contribution in [0.1, 0.15) is 43.2 Å². The number of carbonyl (C=O) groups is 1. The zero-order valence-corrected chi connectivity index (χ0v) is 15.3. The molecule has 3 heteroatoms. The van der Waals surface area contributed by atoms with Crippen molar-refractivity contribution in [2.45, 2.75) is 45.1 Å². The minimum absolute atomic E-state index is 0.369. The van der Waals surface area contributed by atoms with Crippen molar-refractivity contribution < 1.29 is 4.79 Å². The van der Waals surface area contributed by atoms with E-state index in [2.05, 4.69) is 41.8 Å². The highest BCUT2D eigenvalue weighted by atomic mass is 16.1. The van der Waals surface area contributed by atoms with E-state index >= 15 is 0 Å². The molecule has 0 saturated heterocycles. The normalized spacial score (nSPS) is 11.0. The van der Waals surface area contributed by atoms with Crippen LogP contribution in [0.3, 0.4) is 0 Å². The van der Waals surface area contributed by atoms with Gasteiger partial charge in [-0.3, -0.25) is 10.2 Å². The number of aryl methyl sites for hydroxylation is 1. The van der Waals surface area contributed by atoms with Crippen LogP contribution in [-0.4, -0.2) is 24.4 Å². The van der Waals surface area contributed by atoms with Crippen molar-refractivity contribution in [1.29, 1.82) is 0 Å². The van der Waals surface area contributed by atoms with Crippen LogP contribution in [0.4, 0.5) is 0 Å². The van der Waals surface area contributed by atoms with Gasteiger partial charge in [0.15, 0.2) is 0 Å². The van der Waals surface area contributed by atoms with E-state index in [-0.39, 0.29) is 0 Å². The summed E-state index contributed by atoms with van der Waals surface area (Å²) in [6, 6.07) is 20.9. The van der Waals surface area contributed by atoms with Crippen LogP contribution in [0, 0.1) is 0 Å². The second-order valence-electron chi connectivity index (χ2n) is 6.58. The quantitative estimate of drug-likeness (QED) is 0.460. The van der Waals surface area contributed by atoms with Gasteiger partial charge in [-0.05, 0) is 30.4 Å². The molecule has 134 valence electrons. The lowest BCUT2D eigenvalue weighted by Gasteiger charge is -2.17. The fourth-order valence-corrected chi connectivity index (χ4v) is 2.79. The minimum atomic E-state index is 0.369. The van der Waals surface area contributed by atoms with Crippen molar-refractivity contribution in [3.8, 4) is 0 Å². The maximum atomic E-state index is 12.0. The number of nitrogens with one attached hydrogen (secondary N) is 1. The van der Waals surface area contributed by atoms with Gasteiger partial charge in [-0.1, -0.05) is 67.1 Å². The van der Waals surface area contributed by atoms with Crippen molar-refractivity contribution in [1.82, 2.24) is 10.4 Å². The zero-order chi connectivity index (χ0) is 17.7. The Morgan fingerprint density at radius 1 is 0.840 bits per heavy atom. The Balaban J connectivity index is 1.49. The molecule has 0 heterocycles. The van der Waals surface area contributed by atoms with E-state index in [0.717, 1.165) is 38.8 Å². The van der Waals surface area contributed by atoms with Crippen LogP contribution in [0.5, 0.6) is 0 Å². The molecule has 0 aliphatic carbocycles. The summed E-state index contributed by atoms with van der Waals surface area (Å²) in [5.74, 6) is 0.369. The van der Waals surface area contributed by atoms with Crippen LogP contribution in [-0.2, 0) is 17.8 Å². The molecule has 0 unspecified atom stereocenters. The van der Waals surface area contributed by atoms with Crippen LogP contribution < -0.4 is 5.43 Å². The highest BCUT2D eigenvalue weighted by Gasteiger charge is 2.05. The van der Waals surface area contributed by atoms with E-state index in [1.807, 2.05) is 36.3 Å². The summed E-state index contributed by atoms with van der Waals surface area (Å²) in [4.78, 5) is 12.0. The summed E-state index contributed by atoms with van der Waals surface area (Å²) in [6.07, 6.45) is 5.74. The van der Waals surface area contributed by atoms with Gasteiger partial charge in [0, 0.05) is 33.0 Å². The lowest BCUT2D eigenvalue weighted by atomic mass is 10.0. The van der Waals surface area contributed by atoms with Gasteiger partial charge in [0.05, 0.1) is 0 Å². The molecule has 0 aromatic heterocycles. The first-order valence-electron chi connectivity index (χ1n) is 9.28. The Hall–Kier alpha value is -1.97. The van der Waals surface area contributed by atoms with Crippen LogP contribution in [0.15, 0.2) is 60.7 Å². The topological polar surface area (TPSA) is 32.3 Å². The number of unbranched alkanes of at least 4 members (excludes halogenated alkanes) is 2. The Bertz CT molecular complexity index is 598. The molecule has 25 heavy (non-hydrogen) atoms. The second-order valence-corrected chi connectivity index (χ2v) is 6.58. The summed E-state index contributed by atoms with van der Waals surface area (Å²) in [7, 11) is 2.00. The number of hydrogen-bond donors (Lipinski definition) is 1. The number of ketones is 1. The Kier molecular flexibility index (Phi) is 8.95. The molecule has 0 saturated carbocycles. The number of hydrogen-bond acceptors (Lipinski definition) is 3. The van der Waals surface area contributed by atoms with Gasteiger partial charge in [-0.25, -0.2) is 5.01 Å². The van der Waals surface area contributed by atoms with Gasteiger partial charge in [0.2, 0.25) is 0 Å². The SMILES string of the molecule is CN(CCC(=O)CCCCCc1ccccc1)NCc1ccccc1. The van der Waals surface area contributed by atoms with Gasteiger partial charge in [-0.2, -0.15) is 0 Å². The first-order valence-corrected chi connectivity index (χ1v) is 9.28. The van der Waals surface area contributed by atoms with E-state index in [1.54, 1.807) is 0 Å². The maximum absolute atomic E-state index is 12.0. The number of hydrazine groups is 1. The monoisotopic (exact) mass is 338 g/mol. The van der Waals surface area contributed by atoms with Crippen molar-refractivity contribution in [3.63, 3.8) is 0 Å². The lowest BCUT2D eigenvalue weighted by Crippen LogP contribution is -2.35. The molecule has 2 aromatic rings. The predicted molar refractivity (Wildman–Crippen MR) is 104 cm³/mol. The van der Waals surface area contributed by atoms with Crippen LogP contribution in [0.25, 0.3) is 0 Å². The number of nitrogens with zero attached hydrogens (tertiary/aromatic N) is 1. The third-order valence-corrected chi connectivity index (χ3v) is 4.39. The smallest absolute Gasteiger partial charge is 0.134 e. The second kappa shape index (κ2) is 11.6. The molecule has 0 amide bonds. The minimum Gasteiger partial charge on any atom is -0.300 e. The molecule has 2 aromatic carbocycles. The van der Waals surface area contributed by atoms with Gasteiger partial charge in [-0.15, -0.1) is 0 Å². The van der Waals surface area contributed by atoms with E-state index in [9.17, 15) is 4.79 Å². The molecule has 3 nitrogen and oxygen atoms in total. The predicted octanol–water partition coefficient (Wildman–Crippen LogP) is 4.39. The number of Topliss-reactive ketones (excluding diaryl/α,β-unsaturated/α-hetero) is 1. The average Bonchev–Trinajstić information content (AvgIpc) is 2.66. The molecule has 0 aliphatic heterocycles. The van der Waals surface area contributed by atoms with Crippen molar-refractivity contribution >= 4 is 5.78 Å². The largest absolute Gasteiger partial charge is 0.300 e. The zero-order valence-electron chi connectivity index (χ0n) is 15.3. The first kappa shape index (κ1) is 19.4.